The van der Waals surface area contributed by atoms with Gasteiger partial charge in [-0.3, -0.25) is 9.89 Å². The van der Waals surface area contributed by atoms with E-state index in [-0.39, 0.29) is 16.4 Å². The van der Waals surface area contributed by atoms with E-state index in [1.54, 1.807) is 6.92 Å². The van der Waals surface area contributed by atoms with Crippen molar-refractivity contribution >= 4 is 29.0 Å². The summed E-state index contributed by atoms with van der Waals surface area (Å²) in [6, 6.07) is 4.00. The zero-order chi connectivity index (χ0) is 13.3. The lowest BCUT2D eigenvalue weighted by molar-refractivity contribution is 0.102. The van der Waals surface area contributed by atoms with Gasteiger partial charge in [0.15, 0.2) is 5.82 Å². The van der Waals surface area contributed by atoms with Crippen LogP contribution in [0.25, 0.3) is 0 Å². The van der Waals surface area contributed by atoms with E-state index in [1.807, 2.05) is 0 Å². The Morgan fingerprint density at radius 3 is 2.83 bits per heavy atom. The van der Waals surface area contributed by atoms with Crippen LogP contribution in [0.1, 0.15) is 16.1 Å². The van der Waals surface area contributed by atoms with Crippen molar-refractivity contribution in [2.75, 3.05) is 11.1 Å². The molecule has 4 N–H and O–H groups in total. The van der Waals surface area contributed by atoms with Crippen molar-refractivity contribution in [2.45, 2.75) is 6.92 Å². The molecule has 0 atom stereocenters. The molecular formula is C11H10ClFN4O. The number of carbonyl (C=O) groups is 1. The summed E-state index contributed by atoms with van der Waals surface area (Å²) in [4.78, 5) is 11.9. The molecule has 0 aliphatic carbocycles. The third-order valence-electron chi connectivity index (χ3n) is 2.42. The van der Waals surface area contributed by atoms with Crippen LogP contribution < -0.4 is 11.1 Å². The van der Waals surface area contributed by atoms with Crippen LogP contribution in [-0.4, -0.2) is 16.1 Å². The van der Waals surface area contributed by atoms with Crippen LogP contribution in [0.5, 0.6) is 0 Å². The average molecular weight is 269 g/mol. The van der Waals surface area contributed by atoms with Crippen LogP contribution in [0, 0.1) is 12.7 Å². The van der Waals surface area contributed by atoms with E-state index < -0.39 is 11.7 Å². The number of aromatic nitrogens is 2. The van der Waals surface area contributed by atoms with Crippen molar-refractivity contribution in [3.05, 3.63) is 40.3 Å². The number of hydrogen-bond acceptors (Lipinski definition) is 3. The number of anilines is 2. The zero-order valence-electron chi connectivity index (χ0n) is 9.42. The predicted molar refractivity (Wildman–Crippen MR) is 67.1 cm³/mol. The number of hydrogen-bond donors (Lipinski definition) is 3. The summed E-state index contributed by atoms with van der Waals surface area (Å²) in [5.41, 5.74) is 6.35. The molecule has 0 aliphatic rings. The van der Waals surface area contributed by atoms with Gasteiger partial charge in [-0.2, -0.15) is 5.10 Å². The molecule has 2 aromatic rings. The molecule has 1 amide bonds. The van der Waals surface area contributed by atoms with Crippen molar-refractivity contribution in [1.82, 2.24) is 10.2 Å². The summed E-state index contributed by atoms with van der Waals surface area (Å²) < 4.78 is 13.5. The monoisotopic (exact) mass is 268 g/mol. The Morgan fingerprint density at radius 1 is 1.56 bits per heavy atom. The summed E-state index contributed by atoms with van der Waals surface area (Å²) in [7, 11) is 0. The molecule has 0 unspecified atom stereocenters. The molecule has 1 aromatic carbocycles. The van der Waals surface area contributed by atoms with Crippen LogP contribution in [0.3, 0.4) is 0 Å². The lowest BCUT2D eigenvalue weighted by Crippen LogP contribution is -2.15. The van der Waals surface area contributed by atoms with Crippen LogP contribution in [0.15, 0.2) is 18.2 Å². The Hall–Kier alpha value is -2.08. The van der Waals surface area contributed by atoms with Gasteiger partial charge in [0.1, 0.15) is 5.82 Å². The zero-order valence-corrected chi connectivity index (χ0v) is 10.2. The van der Waals surface area contributed by atoms with E-state index >= 15 is 0 Å². The minimum atomic E-state index is -0.703. The van der Waals surface area contributed by atoms with Crippen molar-refractivity contribution in [3.8, 4) is 0 Å². The molecule has 5 nitrogen and oxygen atoms in total. The predicted octanol–water partition coefficient (Wildman–Crippen LogP) is 2.35. The normalized spacial score (nSPS) is 10.4. The van der Waals surface area contributed by atoms with Crippen molar-refractivity contribution in [2.24, 2.45) is 0 Å². The van der Waals surface area contributed by atoms with Gasteiger partial charge in [-0.05, 0) is 19.1 Å². The highest BCUT2D eigenvalue weighted by Gasteiger charge is 2.18. The molecule has 0 saturated carbocycles. The maximum Gasteiger partial charge on any atom is 0.261 e. The molecule has 0 fully saturated rings. The third-order valence-corrected chi connectivity index (χ3v) is 2.73. The first-order valence-electron chi connectivity index (χ1n) is 5.06. The molecule has 0 spiro atoms. The number of amides is 1. The summed E-state index contributed by atoms with van der Waals surface area (Å²) in [6.45, 7) is 1.70. The topological polar surface area (TPSA) is 83.8 Å². The highest BCUT2D eigenvalue weighted by atomic mass is 35.5. The molecule has 0 bridgehead atoms. The maximum absolute atomic E-state index is 13.5. The summed E-state index contributed by atoms with van der Waals surface area (Å²) in [6.07, 6.45) is 0. The first-order chi connectivity index (χ1) is 8.50. The van der Waals surface area contributed by atoms with Gasteiger partial charge >= 0.3 is 0 Å². The average Bonchev–Trinajstić information content (AvgIpc) is 2.61. The van der Waals surface area contributed by atoms with Crippen LogP contribution in [-0.2, 0) is 0 Å². The van der Waals surface area contributed by atoms with Crippen molar-refractivity contribution in [1.29, 1.82) is 0 Å². The summed E-state index contributed by atoms with van der Waals surface area (Å²) in [5, 5.41) is 8.82. The van der Waals surface area contributed by atoms with E-state index in [0.717, 1.165) is 6.07 Å². The number of nitrogen functional groups attached to an aromatic ring is 1. The number of H-pyrrole nitrogens is 1. The number of nitrogens with zero attached hydrogens (tertiary/aromatic N) is 1. The van der Waals surface area contributed by atoms with Gasteiger partial charge in [0.25, 0.3) is 5.91 Å². The van der Waals surface area contributed by atoms with Crippen LogP contribution >= 0.6 is 11.6 Å². The number of rotatable bonds is 2. The number of nitrogens with two attached hydrogens (primary N) is 1. The highest BCUT2D eigenvalue weighted by Crippen LogP contribution is 2.23. The number of nitrogens with one attached hydrogen (secondary N) is 2. The van der Waals surface area contributed by atoms with Gasteiger partial charge in [0, 0.05) is 0 Å². The van der Waals surface area contributed by atoms with Crippen LogP contribution in [0.4, 0.5) is 15.9 Å². The first-order valence-corrected chi connectivity index (χ1v) is 5.44. The minimum absolute atomic E-state index is 0.0262. The Morgan fingerprint density at radius 2 is 2.28 bits per heavy atom. The molecule has 1 aromatic heterocycles. The molecule has 1 heterocycles. The fourth-order valence-electron chi connectivity index (χ4n) is 1.42. The second-order valence-electron chi connectivity index (χ2n) is 3.66. The fourth-order valence-corrected chi connectivity index (χ4v) is 1.67. The molecule has 2 rings (SSSR count). The van der Waals surface area contributed by atoms with Gasteiger partial charge in [0.05, 0.1) is 22.0 Å². The van der Waals surface area contributed by atoms with E-state index in [2.05, 4.69) is 15.5 Å². The number of benzene rings is 1. The smallest absolute Gasteiger partial charge is 0.261 e. The van der Waals surface area contributed by atoms with Crippen molar-refractivity contribution < 1.29 is 9.18 Å². The van der Waals surface area contributed by atoms with E-state index in [0.29, 0.717) is 11.4 Å². The van der Waals surface area contributed by atoms with Crippen molar-refractivity contribution in [3.63, 3.8) is 0 Å². The molecule has 0 radical (unpaired) electrons. The largest absolute Gasteiger partial charge is 0.394 e. The van der Waals surface area contributed by atoms with Gasteiger partial charge in [-0.25, -0.2) is 4.39 Å². The van der Waals surface area contributed by atoms with E-state index in [9.17, 15) is 9.18 Å². The molecule has 18 heavy (non-hydrogen) atoms. The van der Waals surface area contributed by atoms with E-state index in [4.69, 9.17) is 17.3 Å². The highest BCUT2D eigenvalue weighted by molar-refractivity contribution is 6.34. The van der Waals surface area contributed by atoms with Crippen LogP contribution in [0.2, 0.25) is 5.02 Å². The minimum Gasteiger partial charge on any atom is -0.394 e. The molecule has 7 heteroatoms. The van der Waals surface area contributed by atoms with Gasteiger partial charge in [0.2, 0.25) is 0 Å². The third kappa shape index (κ3) is 2.14. The Bertz CT molecular complexity index is 591. The summed E-state index contributed by atoms with van der Waals surface area (Å²) >= 11 is 5.78. The van der Waals surface area contributed by atoms with Gasteiger partial charge in [-0.15, -0.1) is 0 Å². The number of carbonyl (C=O) groups excluding carboxylic acids is 1. The second-order valence-corrected chi connectivity index (χ2v) is 4.07. The number of halogens is 2. The Kier molecular flexibility index (Phi) is 3.20. The Labute approximate surface area is 107 Å². The summed E-state index contributed by atoms with van der Waals surface area (Å²) in [5.74, 6) is -1.25. The Balaban J connectivity index is 2.31. The van der Waals surface area contributed by atoms with Gasteiger partial charge < -0.3 is 11.1 Å². The SMILES string of the molecule is Cc1[nH]nc(NC(=O)c2c(F)cccc2Cl)c1N. The lowest BCUT2D eigenvalue weighted by atomic mass is 10.2. The fraction of sp³-hybridized carbons (Fsp3) is 0.0909. The molecular weight excluding hydrogens is 259 g/mol. The van der Waals surface area contributed by atoms with E-state index in [1.165, 1.54) is 12.1 Å². The lowest BCUT2D eigenvalue weighted by Gasteiger charge is -2.06. The molecule has 0 aliphatic heterocycles. The molecule has 94 valence electrons. The van der Waals surface area contributed by atoms with Gasteiger partial charge in [-0.1, -0.05) is 17.7 Å². The quantitative estimate of drug-likeness (QED) is 0.782. The second kappa shape index (κ2) is 4.66. The number of aromatic amines is 1. The molecule has 0 saturated heterocycles. The first kappa shape index (κ1) is 12.4. The maximum atomic E-state index is 13.5. The standard InChI is InChI=1S/C11H10ClFN4O/c1-5-9(14)10(17-16-5)15-11(18)8-6(12)3-2-4-7(8)13/h2-4H,14H2,1H3,(H2,15,16,17,18). The number of aryl methyl sites for hydroxylation is 1.